The quantitative estimate of drug-likeness (QED) is 0.868. The highest BCUT2D eigenvalue weighted by molar-refractivity contribution is 5.62. The van der Waals surface area contributed by atoms with E-state index in [-0.39, 0.29) is 0 Å². The van der Waals surface area contributed by atoms with Gasteiger partial charge in [0.05, 0.1) is 17.4 Å². The molecule has 0 unspecified atom stereocenters. The Morgan fingerprint density at radius 2 is 1.95 bits per heavy atom. The van der Waals surface area contributed by atoms with Gasteiger partial charge < -0.3 is 9.51 Å². The van der Waals surface area contributed by atoms with Crippen molar-refractivity contribution < 1.29 is 9.90 Å². The van der Waals surface area contributed by atoms with Gasteiger partial charge in [0, 0.05) is 25.2 Å². The molecule has 2 aromatic heterocycles. The Balaban J connectivity index is 0.000000328. The van der Waals surface area contributed by atoms with Crippen LogP contribution in [0.4, 0.5) is 0 Å². The highest BCUT2D eigenvalue weighted by Crippen LogP contribution is 2.32. The number of carbonyl (C=O) groups is 1. The molecule has 1 fully saturated rings. The molecule has 3 rings (SSSR count). The average Bonchev–Trinajstić information content (AvgIpc) is 2.84. The van der Waals surface area contributed by atoms with E-state index in [4.69, 9.17) is 9.90 Å². The van der Waals surface area contributed by atoms with Crippen molar-refractivity contribution in [3.05, 3.63) is 30.1 Å². The Bertz CT molecular complexity index is 582. The monoisotopic (exact) mass is 275 g/mol. The summed E-state index contributed by atoms with van der Waals surface area (Å²) >= 11 is 0. The lowest BCUT2D eigenvalue weighted by Gasteiger charge is -2.20. The van der Waals surface area contributed by atoms with E-state index in [2.05, 4.69) is 14.4 Å². The van der Waals surface area contributed by atoms with Gasteiger partial charge in [-0.1, -0.05) is 19.3 Å². The molecule has 5 nitrogen and oxygen atoms in total. The molecule has 1 aliphatic carbocycles. The molecule has 0 saturated heterocycles. The summed E-state index contributed by atoms with van der Waals surface area (Å²) in [6.07, 6.45) is 12.6. The molecule has 2 heterocycles. The van der Waals surface area contributed by atoms with E-state index >= 15 is 0 Å². The van der Waals surface area contributed by atoms with Gasteiger partial charge in [0.15, 0.2) is 0 Å². The van der Waals surface area contributed by atoms with Gasteiger partial charge >= 0.3 is 0 Å². The summed E-state index contributed by atoms with van der Waals surface area (Å²) in [6, 6.07) is 0. The molecule has 5 heteroatoms. The van der Waals surface area contributed by atoms with Crippen LogP contribution in [0.2, 0.25) is 0 Å². The molecule has 0 atom stereocenters. The molecule has 2 aromatic rings. The van der Waals surface area contributed by atoms with E-state index in [9.17, 15) is 0 Å². The molecule has 0 aromatic carbocycles. The summed E-state index contributed by atoms with van der Waals surface area (Å²) in [5.41, 5.74) is 2.22. The third-order valence-electron chi connectivity index (χ3n) is 3.65. The maximum Gasteiger partial charge on any atom is 0.300 e. The molecule has 0 spiro atoms. The summed E-state index contributed by atoms with van der Waals surface area (Å²) in [4.78, 5) is 17.9. The van der Waals surface area contributed by atoms with Crippen LogP contribution in [0, 0.1) is 6.92 Å². The van der Waals surface area contributed by atoms with Crippen LogP contribution in [0.25, 0.3) is 5.52 Å². The number of aromatic nitrogens is 3. The largest absolute Gasteiger partial charge is 0.481 e. The molecular formula is C15H21N3O2. The van der Waals surface area contributed by atoms with Crippen LogP contribution in [0.5, 0.6) is 0 Å². The third-order valence-corrected chi connectivity index (χ3v) is 3.65. The average molecular weight is 275 g/mol. The second-order valence-corrected chi connectivity index (χ2v) is 5.24. The van der Waals surface area contributed by atoms with Crippen LogP contribution in [0.1, 0.15) is 56.5 Å². The molecule has 0 amide bonds. The lowest BCUT2D eigenvalue weighted by atomic mass is 9.89. The first-order chi connectivity index (χ1) is 9.59. The zero-order valence-electron chi connectivity index (χ0n) is 12.0. The number of rotatable bonds is 1. The summed E-state index contributed by atoms with van der Waals surface area (Å²) in [7, 11) is 0. The van der Waals surface area contributed by atoms with Crippen LogP contribution in [0.3, 0.4) is 0 Å². The number of aryl methyl sites for hydroxylation is 1. The predicted octanol–water partition coefficient (Wildman–Crippen LogP) is 3.18. The van der Waals surface area contributed by atoms with Gasteiger partial charge in [-0.3, -0.25) is 9.78 Å². The SMILES string of the molecule is CC(=O)O.Cc1nccn2c(C3CCCCC3)ncc12. The normalized spacial score (nSPS) is 15.7. The van der Waals surface area contributed by atoms with Gasteiger partial charge in [-0.2, -0.15) is 0 Å². The third kappa shape index (κ3) is 3.35. The molecule has 20 heavy (non-hydrogen) atoms. The fourth-order valence-corrected chi connectivity index (χ4v) is 2.74. The lowest BCUT2D eigenvalue weighted by molar-refractivity contribution is -0.134. The highest BCUT2D eigenvalue weighted by Gasteiger charge is 2.19. The second-order valence-electron chi connectivity index (χ2n) is 5.24. The molecule has 0 radical (unpaired) electrons. The Hall–Kier alpha value is -1.91. The second kappa shape index (κ2) is 6.50. The number of hydrogen-bond donors (Lipinski definition) is 1. The molecule has 1 N–H and O–H groups in total. The predicted molar refractivity (Wildman–Crippen MR) is 76.9 cm³/mol. The van der Waals surface area contributed by atoms with Gasteiger partial charge in [0.2, 0.25) is 0 Å². The summed E-state index contributed by atoms with van der Waals surface area (Å²) < 4.78 is 2.22. The van der Waals surface area contributed by atoms with Crippen molar-refractivity contribution in [1.29, 1.82) is 0 Å². The first-order valence-electron chi connectivity index (χ1n) is 7.07. The number of nitrogens with zero attached hydrogens (tertiary/aromatic N) is 3. The molecule has 1 saturated carbocycles. The zero-order chi connectivity index (χ0) is 14.5. The van der Waals surface area contributed by atoms with Crippen LogP contribution < -0.4 is 0 Å². The molecule has 0 bridgehead atoms. The Morgan fingerprint density at radius 3 is 2.60 bits per heavy atom. The van der Waals surface area contributed by atoms with Crippen LogP contribution >= 0.6 is 0 Å². The first kappa shape index (κ1) is 14.5. The van der Waals surface area contributed by atoms with Crippen molar-refractivity contribution in [1.82, 2.24) is 14.4 Å². The van der Waals surface area contributed by atoms with Crippen molar-refractivity contribution in [3.8, 4) is 0 Å². The van der Waals surface area contributed by atoms with Crippen molar-refractivity contribution >= 4 is 11.5 Å². The number of aliphatic carboxylic acids is 1. The smallest absolute Gasteiger partial charge is 0.300 e. The Morgan fingerprint density at radius 1 is 1.30 bits per heavy atom. The van der Waals surface area contributed by atoms with Crippen LogP contribution in [-0.2, 0) is 4.79 Å². The minimum absolute atomic E-state index is 0.651. The van der Waals surface area contributed by atoms with Crippen LogP contribution in [-0.4, -0.2) is 25.4 Å². The maximum atomic E-state index is 9.00. The van der Waals surface area contributed by atoms with Gasteiger partial charge in [0.1, 0.15) is 5.82 Å². The minimum atomic E-state index is -0.833. The van der Waals surface area contributed by atoms with Crippen molar-refractivity contribution in [2.45, 2.75) is 51.9 Å². The standard InChI is InChI=1S/C13H17N3.C2H4O2/c1-10-12-9-15-13(16(12)8-7-14-10)11-5-3-2-4-6-11;1-2(3)4/h7-9,11H,2-6H2,1H3;1H3,(H,3,4). The van der Waals surface area contributed by atoms with Crippen LogP contribution in [0.15, 0.2) is 18.6 Å². The Labute approximate surface area is 118 Å². The van der Waals surface area contributed by atoms with Crippen molar-refractivity contribution in [2.24, 2.45) is 0 Å². The van der Waals surface area contributed by atoms with Gasteiger partial charge in [-0.15, -0.1) is 0 Å². The van der Waals surface area contributed by atoms with E-state index in [1.807, 2.05) is 25.5 Å². The number of hydrogen-bond acceptors (Lipinski definition) is 3. The maximum absolute atomic E-state index is 9.00. The highest BCUT2D eigenvalue weighted by atomic mass is 16.4. The lowest BCUT2D eigenvalue weighted by Crippen LogP contribution is -2.08. The van der Waals surface area contributed by atoms with E-state index < -0.39 is 5.97 Å². The number of carboxylic acids is 1. The summed E-state index contributed by atoms with van der Waals surface area (Å²) in [5, 5.41) is 7.42. The Kier molecular flexibility index (Phi) is 4.71. The van der Waals surface area contributed by atoms with E-state index in [0.717, 1.165) is 18.1 Å². The van der Waals surface area contributed by atoms with E-state index in [0.29, 0.717) is 5.92 Å². The minimum Gasteiger partial charge on any atom is -0.481 e. The molecule has 1 aliphatic rings. The number of fused-ring (bicyclic) bond motifs is 1. The molecular weight excluding hydrogens is 254 g/mol. The topological polar surface area (TPSA) is 67.5 Å². The number of imidazole rings is 1. The zero-order valence-corrected chi connectivity index (χ0v) is 12.0. The summed E-state index contributed by atoms with van der Waals surface area (Å²) in [6.45, 7) is 3.13. The molecule has 108 valence electrons. The van der Waals surface area contributed by atoms with Crippen molar-refractivity contribution in [3.63, 3.8) is 0 Å². The summed E-state index contributed by atoms with van der Waals surface area (Å²) in [5.74, 6) is 1.05. The first-order valence-corrected chi connectivity index (χ1v) is 7.07. The number of carboxylic acid groups (broad SMARTS) is 1. The molecule has 0 aliphatic heterocycles. The van der Waals surface area contributed by atoms with Gasteiger partial charge in [-0.25, -0.2) is 4.98 Å². The van der Waals surface area contributed by atoms with Crippen molar-refractivity contribution in [2.75, 3.05) is 0 Å². The van der Waals surface area contributed by atoms with E-state index in [1.165, 1.54) is 37.9 Å². The van der Waals surface area contributed by atoms with E-state index in [1.54, 1.807) is 0 Å². The fraction of sp³-hybridized carbons (Fsp3) is 0.533. The van der Waals surface area contributed by atoms with Gasteiger partial charge in [-0.05, 0) is 19.8 Å². The van der Waals surface area contributed by atoms with Gasteiger partial charge in [0.25, 0.3) is 5.97 Å². The fourth-order valence-electron chi connectivity index (χ4n) is 2.74.